The third kappa shape index (κ3) is 3.39. The monoisotopic (exact) mass is 276 g/mol. The number of ether oxygens (including phenoxy) is 1. The summed E-state index contributed by atoms with van der Waals surface area (Å²) in [6.45, 7) is 6.01. The predicted octanol–water partition coefficient (Wildman–Crippen LogP) is 1.84. The average Bonchev–Trinajstić information content (AvgIpc) is 3.31. The molecule has 0 spiro atoms. The maximum absolute atomic E-state index is 5.48. The lowest BCUT2D eigenvalue weighted by Crippen LogP contribution is -2.37. The fraction of sp³-hybridized carbons (Fsp3) is 0.733. The SMILES string of the molecule is CCOc1cncc(N(CC2CCNCC2)C2CC2)n1. The molecule has 1 aliphatic carbocycles. The van der Waals surface area contributed by atoms with Crippen molar-refractivity contribution in [2.75, 3.05) is 31.1 Å². The highest BCUT2D eigenvalue weighted by Crippen LogP contribution is 2.32. The Labute approximate surface area is 120 Å². The summed E-state index contributed by atoms with van der Waals surface area (Å²) in [7, 11) is 0. The smallest absolute Gasteiger partial charge is 0.234 e. The van der Waals surface area contributed by atoms with Crippen LogP contribution in [0.4, 0.5) is 5.82 Å². The van der Waals surface area contributed by atoms with Gasteiger partial charge in [-0.1, -0.05) is 0 Å². The van der Waals surface area contributed by atoms with Gasteiger partial charge in [-0.2, -0.15) is 4.98 Å². The van der Waals surface area contributed by atoms with Crippen molar-refractivity contribution in [1.29, 1.82) is 0 Å². The number of aromatic nitrogens is 2. The van der Waals surface area contributed by atoms with Gasteiger partial charge in [0.15, 0.2) is 5.82 Å². The van der Waals surface area contributed by atoms with Crippen LogP contribution in [-0.2, 0) is 0 Å². The van der Waals surface area contributed by atoms with Gasteiger partial charge in [0.25, 0.3) is 0 Å². The molecule has 0 atom stereocenters. The summed E-state index contributed by atoms with van der Waals surface area (Å²) >= 11 is 0. The molecule has 5 nitrogen and oxygen atoms in total. The Morgan fingerprint density at radius 3 is 2.75 bits per heavy atom. The van der Waals surface area contributed by atoms with Crippen LogP contribution in [0.25, 0.3) is 0 Å². The first-order valence-electron chi connectivity index (χ1n) is 7.79. The first kappa shape index (κ1) is 13.6. The van der Waals surface area contributed by atoms with Gasteiger partial charge in [0.2, 0.25) is 5.88 Å². The third-order valence-corrected chi connectivity index (χ3v) is 4.09. The molecule has 110 valence electrons. The Hall–Kier alpha value is -1.36. The van der Waals surface area contributed by atoms with Crippen molar-refractivity contribution in [1.82, 2.24) is 15.3 Å². The average molecular weight is 276 g/mol. The van der Waals surface area contributed by atoms with E-state index in [-0.39, 0.29) is 0 Å². The molecule has 5 heteroatoms. The highest BCUT2D eigenvalue weighted by atomic mass is 16.5. The maximum Gasteiger partial charge on any atom is 0.234 e. The molecule has 0 bridgehead atoms. The van der Waals surface area contributed by atoms with E-state index in [2.05, 4.69) is 20.2 Å². The second-order valence-electron chi connectivity index (χ2n) is 5.73. The molecule has 0 unspecified atom stereocenters. The molecule has 2 heterocycles. The Kier molecular flexibility index (Phi) is 4.35. The molecule has 1 saturated carbocycles. The van der Waals surface area contributed by atoms with Gasteiger partial charge in [-0.3, -0.25) is 4.98 Å². The highest BCUT2D eigenvalue weighted by Gasteiger charge is 2.32. The quantitative estimate of drug-likeness (QED) is 0.859. The van der Waals surface area contributed by atoms with E-state index in [1.165, 1.54) is 25.7 Å². The zero-order valence-corrected chi connectivity index (χ0v) is 12.2. The van der Waals surface area contributed by atoms with Crippen LogP contribution in [0.1, 0.15) is 32.6 Å². The lowest BCUT2D eigenvalue weighted by molar-refractivity contribution is 0.324. The summed E-state index contributed by atoms with van der Waals surface area (Å²) in [5.41, 5.74) is 0. The highest BCUT2D eigenvalue weighted by molar-refractivity contribution is 5.41. The molecule has 1 aliphatic heterocycles. The zero-order chi connectivity index (χ0) is 13.8. The number of anilines is 1. The van der Waals surface area contributed by atoms with Gasteiger partial charge in [0, 0.05) is 12.6 Å². The lowest BCUT2D eigenvalue weighted by atomic mass is 9.97. The van der Waals surface area contributed by atoms with Gasteiger partial charge < -0.3 is 15.0 Å². The summed E-state index contributed by atoms with van der Waals surface area (Å²) < 4.78 is 5.48. The molecule has 0 radical (unpaired) electrons. The second-order valence-corrected chi connectivity index (χ2v) is 5.73. The van der Waals surface area contributed by atoms with Crippen molar-refractivity contribution in [3.63, 3.8) is 0 Å². The fourth-order valence-corrected chi connectivity index (χ4v) is 2.85. The molecule has 3 rings (SSSR count). The number of hydrogen-bond donors (Lipinski definition) is 1. The van der Waals surface area contributed by atoms with Crippen molar-refractivity contribution in [2.45, 2.75) is 38.6 Å². The van der Waals surface area contributed by atoms with Gasteiger partial charge >= 0.3 is 0 Å². The largest absolute Gasteiger partial charge is 0.477 e. The molecule has 2 aliphatic rings. The topological polar surface area (TPSA) is 50.3 Å². The van der Waals surface area contributed by atoms with Crippen LogP contribution < -0.4 is 15.0 Å². The molecule has 1 N–H and O–H groups in total. The van der Waals surface area contributed by atoms with Gasteiger partial charge in [-0.25, -0.2) is 0 Å². The van der Waals surface area contributed by atoms with Gasteiger partial charge in [0.05, 0.1) is 19.0 Å². The molecule has 2 fully saturated rings. The van der Waals surface area contributed by atoms with Gasteiger partial charge in [-0.05, 0) is 51.6 Å². The Morgan fingerprint density at radius 1 is 1.25 bits per heavy atom. The number of piperidine rings is 1. The molecule has 20 heavy (non-hydrogen) atoms. The van der Waals surface area contributed by atoms with Crippen LogP contribution in [0, 0.1) is 5.92 Å². The number of rotatable bonds is 6. The fourth-order valence-electron chi connectivity index (χ4n) is 2.85. The van der Waals surface area contributed by atoms with Crippen molar-refractivity contribution >= 4 is 5.82 Å². The molecule has 0 aromatic carbocycles. The number of nitrogens with one attached hydrogen (secondary N) is 1. The summed E-state index contributed by atoms with van der Waals surface area (Å²) in [4.78, 5) is 11.4. The number of nitrogens with zero attached hydrogens (tertiary/aromatic N) is 3. The summed E-state index contributed by atoms with van der Waals surface area (Å²) in [6, 6.07) is 0.663. The minimum absolute atomic E-state index is 0.635. The van der Waals surface area contributed by atoms with Crippen molar-refractivity contribution < 1.29 is 4.74 Å². The van der Waals surface area contributed by atoms with E-state index < -0.39 is 0 Å². The van der Waals surface area contributed by atoms with Crippen LogP contribution >= 0.6 is 0 Å². The van der Waals surface area contributed by atoms with Crippen molar-refractivity contribution in [3.05, 3.63) is 12.4 Å². The van der Waals surface area contributed by atoms with E-state index in [4.69, 9.17) is 4.74 Å². The molecular weight excluding hydrogens is 252 g/mol. The first-order valence-corrected chi connectivity index (χ1v) is 7.79. The Bertz CT molecular complexity index is 430. The van der Waals surface area contributed by atoms with Crippen LogP contribution in [0.15, 0.2) is 12.4 Å². The van der Waals surface area contributed by atoms with E-state index in [1.54, 1.807) is 6.20 Å². The van der Waals surface area contributed by atoms with E-state index >= 15 is 0 Å². The second kappa shape index (κ2) is 6.39. The third-order valence-electron chi connectivity index (χ3n) is 4.09. The molecule has 0 amide bonds. The van der Waals surface area contributed by atoms with Crippen molar-refractivity contribution in [2.24, 2.45) is 5.92 Å². The van der Waals surface area contributed by atoms with Crippen molar-refractivity contribution in [3.8, 4) is 5.88 Å². The minimum atomic E-state index is 0.635. The summed E-state index contributed by atoms with van der Waals surface area (Å²) in [5, 5.41) is 3.43. The molecule has 1 aromatic heterocycles. The zero-order valence-electron chi connectivity index (χ0n) is 12.2. The summed E-state index contributed by atoms with van der Waals surface area (Å²) in [5.74, 6) is 2.40. The molecular formula is C15H24N4O. The predicted molar refractivity (Wildman–Crippen MR) is 79.2 cm³/mol. The van der Waals surface area contributed by atoms with E-state index in [0.717, 1.165) is 31.4 Å². The van der Waals surface area contributed by atoms with E-state index in [1.807, 2.05) is 13.1 Å². The van der Waals surface area contributed by atoms with Crippen LogP contribution in [0.3, 0.4) is 0 Å². The first-order chi connectivity index (χ1) is 9.86. The van der Waals surface area contributed by atoms with Crippen LogP contribution in [0.5, 0.6) is 5.88 Å². The van der Waals surface area contributed by atoms with Gasteiger partial charge in [0.1, 0.15) is 0 Å². The normalized spacial score (nSPS) is 19.9. The van der Waals surface area contributed by atoms with Crippen LogP contribution in [-0.4, -0.2) is 42.3 Å². The van der Waals surface area contributed by atoms with E-state index in [9.17, 15) is 0 Å². The number of hydrogen-bond acceptors (Lipinski definition) is 5. The molecule has 1 saturated heterocycles. The van der Waals surface area contributed by atoms with E-state index in [0.29, 0.717) is 18.5 Å². The molecule has 1 aromatic rings. The minimum Gasteiger partial charge on any atom is -0.477 e. The van der Waals surface area contributed by atoms with Gasteiger partial charge in [-0.15, -0.1) is 0 Å². The Morgan fingerprint density at radius 2 is 2.05 bits per heavy atom. The summed E-state index contributed by atoms with van der Waals surface area (Å²) in [6.07, 6.45) is 8.67. The Balaban J connectivity index is 1.70. The lowest BCUT2D eigenvalue weighted by Gasteiger charge is -2.31. The standard InChI is InChI=1S/C15H24N4O/c1-2-20-15-10-17-9-14(18-15)19(13-3-4-13)11-12-5-7-16-8-6-12/h9-10,12-13,16H,2-8,11H2,1H3. The van der Waals surface area contributed by atoms with Crippen LogP contribution in [0.2, 0.25) is 0 Å². The maximum atomic E-state index is 5.48.